The molecule has 2 heterocycles. The third-order valence-electron chi connectivity index (χ3n) is 2.61. The van der Waals surface area contributed by atoms with Gasteiger partial charge in [-0.3, -0.25) is 0 Å². The largest absolute Gasteiger partial charge is 0.460 e. The molecule has 0 N–H and O–H groups in total. The number of thiophene rings is 1. The van der Waals surface area contributed by atoms with Crippen molar-refractivity contribution in [1.29, 1.82) is 0 Å². The van der Waals surface area contributed by atoms with Crippen molar-refractivity contribution in [3.8, 4) is 10.7 Å². The number of ether oxygens (including phenoxy) is 1. The Balaban J connectivity index is 2.37. The average molecular weight is 265 g/mol. The minimum Gasteiger partial charge on any atom is -0.460 e. The molecule has 18 heavy (non-hydrogen) atoms. The van der Waals surface area contributed by atoms with Gasteiger partial charge in [-0.1, -0.05) is 0 Å². The van der Waals surface area contributed by atoms with Crippen molar-refractivity contribution in [2.24, 2.45) is 7.05 Å². The first kappa shape index (κ1) is 12.8. The van der Waals surface area contributed by atoms with Gasteiger partial charge in [0.15, 0.2) is 5.82 Å². The highest BCUT2D eigenvalue weighted by Gasteiger charge is 2.18. The SMILES string of the molecule is CCOC(=O)c1nc(-c2cc(C)c(C)s2)n(C)n1. The zero-order valence-corrected chi connectivity index (χ0v) is 11.7. The fourth-order valence-electron chi connectivity index (χ4n) is 1.56. The second-order valence-electron chi connectivity index (χ2n) is 3.95. The molecular formula is C12H15N3O2S. The van der Waals surface area contributed by atoms with E-state index in [0.29, 0.717) is 12.4 Å². The zero-order valence-electron chi connectivity index (χ0n) is 10.9. The molecule has 2 aromatic heterocycles. The summed E-state index contributed by atoms with van der Waals surface area (Å²) in [5, 5.41) is 4.08. The van der Waals surface area contributed by atoms with Gasteiger partial charge in [0.2, 0.25) is 0 Å². The predicted molar refractivity (Wildman–Crippen MR) is 69.7 cm³/mol. The fourth-order valence-corrected chi connectivity index (χ4v) is 2.62. The van der Waals surface area contributed by atoms with Crippen LogP contribution in [0.3, 0.4) is 0 Å². The molecule has 2 rings (SSSR count). The third-order valence-corrected chi connectivity index (χ3v) is 3.76. The van der Waals surface area contributed by atoms with Crippen LogP contribution < -0.4 is 0 Å². The Hall–Kier alpha value is -1.69. The summed E-state index contributed by atoms with van der Waals surface area (Å²) in [7, 11) is 1.77. The molecule has 0 aliphatic carbocycles. The number of nitrogens with zero attached hydrogens (tertiary/aromatic N) is 3. The first-order chi connectivity index (χ1) is 8.52. The fraction of sp³-hybridized carbons (Fsp3) is 0.417. The second-order valence-corrected chi connectivity index (χ2v) is 5.21. The number of esters is 1. The molecule has 0 unspecified atom stereocenters. The number of hydrogen-bond donors (Lipinski definition) is 0. The number of aryl methyl sites for hydroxylation is 3. The van der Waals surface area contributed by atoms with Crippen molar-refractivity contribution in [3.05, 3.63) is 22.3 Å². The summed E-state index contributed by atoms with van der Waals surface area (Å²) in [4.78, 5) is 18.0. The first-order valence-electron chi connectivity index (χ1n) is 5.68. The Bertz CT molecular complexity index is 567. The van der Waals surface area contributed by atoms with E-state index >= 15 is 0 Å². The van der Waals surface area contributed by atoms with Crippen LogP contribution in [0.2, 0.25) is 0 Å². The van der Waals surface area contributed by atoms with Crippen LogP contribution in [0.1, 0.15) is 28.0 Å². The highest BCUT2D eigenvalue weighted by atomic mass is 32.1. The molecule has 0 spiro atoms. The minimum absolute atomic E-state index is 0.109. The van der Waals surface area contributed by atoms with Gasteiger partial charge in [0, 0.05) is 11.9 Å². The lowest BCUT2D eigenvalue weighted by Crippen LogP contribution is -2.07. The van der Waals surface area contributed by atoms with Crippen molar-refractivity contribution >= 4 is 17.3 Å². The highest BCUT2D eigenvalue weighted by molar-refractivity contribution is 7.15. The van der Waals surface area contributed by atoms with Crippen molar-refractivity contribution < 1.29 is 9.53 Å². The molecular weight excluding hydrogens is 250 g/mol. The second kappa shape index (κ2) is 4.89. The first-order valence-corrected chi connectivity index (χ1v) is 6.50. The normalized spacial score (nSPS) is 10.7. The van der Waals surface area contributed by atoms with Gasteiger partial charge in [0.25, 0.3) is 5.82 Å². The summed E-state index contributed by atoms with van der Waals surface area (Å²) in [6.45, 7) is 6.20. The summed E-state index contributed by atoms with van der Waals surface area (Å²) < 4.78 is 6.50. The number of carbonyl (C=O) groups is 1. The van der Waals surface area contributed by atoms with Gasteiger partial charge in [0.05, 0.1) is 11.5 Å². The minimum atomic E-state index is -0.482. The molecule has 0 saturated carbocycles. The van der Waals surface area contributed by atoms with Gasteiger partial charge in [-0.25, -0.2) is 14.5 Å². The van der Waals surface area contributed by atoms with Crippen LogP contribution in [0.25, 0.3) is 10.7 Å². The summed E-state index contributed by atoms with van der Waals surface area (Å²) >= 11 is 1.64. The van der Waals surface area contributed by atoms with Crippen molar-refractivity contribution in [2.45, 2.75) is 20.8 Å². The van der Waals surface area contributed by atoms with E-state index in [9.17, 15) is 4.79 Å². The highest BCUT2D eigenvalue weighted by Crippen LogP contribution is 2.29. The topological polar surface area (TPSA) is 57.0 Å². The van der Waals surface area contributed by atoms with E-state index in [-0.39, 0.29) is 5.82 Å². The van der Waals surface area contributed by atoms with E-state index in [0.717, 1.165) is 4.88 Å². The molecule has 0 amide bonds. The number of rotatable bonds is 3. The molecule has 6 heteroatoms. The summed E-state index contributed by atoms with van der Waals surface area (Å²) in [5.41, 5.74) is 1.22. The monoisotopic (exact) mass is 265 g/mol. The van der Waals surface area contributed by atoms with E-state index in [1.807, 2.05) is 0 Å². The van der Waals surface area contributed by atoms with Gasteiger partial charge < -0.3 is 4.74 Å². The third kappa shape index (κ3) is 2.28. The Labute approximate surface area is 109 Å². The molecule has 0 atom stereocenters. The average Bonchev–Trinajstić information content (AvgIpc) is 2.84. The molecule has 0 fully saturated rings. The van der Waals surface area contributed by atoms with Gasteiger partial charge in [-0.15, -0.1) is 16.4 Å². The number of aromatic nitrogens is 3. The smallest absolute Gasteiger partial charge is 0.378 e. The number of hydrogen-bond acceptors (Lipinski definition) is 5. The van der Waals surface area contributed by atoms with E-state index in [2.05, 4.69) is 30.0 Å². The molecule has 0 aromatic carbocycles. The van der Waals surface area contributed by atoms with Crippen LogP contribution in [0.5, 0.6) is 0 Å². The standard InChI is InChI=1S/C12H15N3O2S/c1-5-17-12(16)10-13-11(15(4)14-10)9-6-7(2)8(3)18-9/h6H,5H2,1-4H3. The Morgan fingerprint density at radius 2 is 2.22 bits per heavy atom. The lowest BCUT2D eigenvalue weighted by atomic mass is 10.3. The van der Waals surface area contributed by atoms with Gasteiger partial charge in [-0.05, 0) is 32.4 Å². The maximum atomic E-state index is 11.6. The molecule has 96 valence electrons. The van der Waals surface area contributed by atoms with Crippen LogP contribution in [0, 0.1) is 13.8 Å². The Morgan fingerprint density at radius 3 is 2.78 bits per heavy atom. The van der Waals surface area contributed by atoms with E-state index in [4.69, 9.17) is 4.74 Å². The van der Waals surface area contributed by atoms with Gasteiger partial charge >= 0.3 is 5.97 Å². The molecule has 0 aliphatic heterocycles. The van der Waals surface area contributed by atoms with Gasteiger partial charge in [-0.2, -0.15) is 0 Å². The van der Waals surface area contributed by atoms with Crippen LogP contribution in [0.4, 0.5) is 0 Å². The van der Waals surface area contributed by atoms with Crippen LogP contribution in [-0.4, -0.2) is 27.3 Å². The van der Waals surface area contributed by atoms with Crippen LogP contribution >= 0.6 is 11.3 Å². The molecule has 0 saturated heterocycles. The Morgan fingerprint density at radius 1 is 1.50 bits per heavy atom. The van der Waals surface area contributed by atoms with E-state index in [1.54, 1.807) is 30.0 Å². The summed E-state index contributed by atoms with van der Waals surface area (Å²) in [6.07, 6.45) is 0. The number of carbonyl (C=O) groups excluding carboxylic acids is 1. The zero-order chi connectivity index (χ0) is 13.3. The molecule has 2 aromatic rings. The van der Waals surface area contributed by atoms with Crippen LogP contribution in [-0.2, 0) is 11.8 Å². The van der Waals surface area contributed by atoms with E-state index < -0.39 is 5.97 Å². The molecule has 0 radical (unpaired) electrons. The quantitative estimate of drug-likeness (QED) is 0.799. The predicted octanol–water partition coefficient (Wildman–Crippen LogP) is 2.34. The van der Waals surface area contributed by atoms with Crippen molar-refractivity contribution in [1.82, 2.24) is 14.8 Å². The molecule has 0 bridgehead atoms. The maximum absolute atomic E-state index is 11.6. The molecule has 5 nitrogen and oxygen atoms in total. The Kier molecular flexibility index (Phi) is 3.47. The lowest BCUT2D eigenvalue weighted by Gasteiger charge is -1.94. The lowest BCUT2D eigenvalue weighted by molar-refractivity contribution is 0.0512. The summed E-state index contributed by atoms with van der Waals surface area (Å²) in [5.74, 6) is 0.321. The van der Waals surface area contributed by atoms with E-state index in [1.165, 1.54) is 10.4 Å². The van der Waals surface area contributed by atoms with Crippen LogP contribution in [0.15, 0.2) is 6.07 Å². The van der Waals surface area contributed by atoms with Crippen molar-refractivity contribution in [3.63, 3.8) is 0 Å². The summed E-state index contributed by atoms with van der Waals surface area (Å²) in [6, 6.07) is 2.05. The van der Waals surface area contributed by atoms with Gasteiger partial charge in [0.1, 0.15) is 0 Å². The maximum Gasteiger partial charge on any atom is 0.378 e. The molecule has 0 aliphatic rings. The van der Waals surface area contributed by atoms with Crippen molar-refractivity contribution in [2.75, 3.05) is 6.61 Å².